The fraction of sp³-hybridized carbons (Fsp3) is 0.923. The van der Waals surface area contributed by atoms with E-state index >= 15 is 0 Å². The van der Waals surface area contributed by atoms with Crippen molar-refractivity contribution in [3.05, 3.63) is 0 Å². The van der Waals surface area contributed by atoms with E-state index in [-0.39, 0.29) is 29.6 Å². The molecule has 2 atom stereocenters. The van der Waals surface area contributed by atoms with Gasteiger partial charge >= 0.3 is 0 Å². The Hall–Kier alpha value is -0.320. The molecule has 1 aliphatic heterocycles. The van der Waals surface area contributed by atoms with Gasteiger partial charge < -0.3 is 15.4 Å². The first kappa shape index (κ1) is 15.7. The van der Waals surface area contributed by atoms with Crippen molar-refractivity contribution in [1.82, 2.24) is 10.6 Å². The summed E-state index contributed by atoms with van der Waals surface area (Å²) in [6.45, 7) is 6.05. The molecule has 18 heavy (non-hydrogen) atoms. The molecule has 0 bridgehead atoms. The van der Waals surface area contributed by atoms with Gasteiger partial charge in [-0.05, 0) is 19.3 Å². The number of ether oxygens (including phenoxy) is 1. The molecule has 0 spiro atoms. The average molecular weight is 277 g/mol. The van der Waals surface area contributed by atoms with Gasteiger partial charge in [0.1, 0.15) is 0 Å². The van der Waals surface area contributed by atoms with E-state index in [4.69, 9.17) is 4.74 Å². The number of carbonyl (C=O) groups is 1. The van der Waals surface area contributed by atoms with Crippen LogP contribution < -0.4 is 10.6 Å². The van der Waals surface area contributed by atoms with Gasteiger partial charge in [0.15, 0.2) is 0 Å². The Balaban J connectivity index is 0.00000162. The zero-order valence-electron chi connectivity index (χ0n) is 11.5. The van der Waals surface area contributed by atoms with Crippen LogP contribution in [0.5, 0.6) is 0 Å². The monoisotopic (exact) mass is 276 g/mol. The smallest absolute Gasteiger partial charge is 0.225 e. The van der Waals surface area contributed by atoms with Crippen LogP contribution in [0.15, 0.2) is 0 Å². The first-order valence-corrected chi connectivity index (χ1v) is 6.71. The van der Waals surface area contributed by atoms with Crippen molar-refractivity contribution in [2.75, 3.05) is 20.2 Å². The number of rotatable bonds is 5. The van der Waals surface area contributed by atoms with Crippen molar-refractivity contribution >= 4 is 18.3 Å². The number of halogens is 1. The van der Waals surface area contributed by atoms with Crippen LogP contribution in [-0.2, 0) is 9.53 Å². The minimum absolute atomic E-state index is 0. The number of methoxy groups -OCH3 is 1. The van der Waals surface area contributed by atoms with Gasteiger partial charge in [-0.15, -0.1) is 12.4 Å². The molecule has 2 N–H and O–H groups in total. The van der Waals surface area contributed by atoms with Crippen molar-refractivity contribution in [3.63, 3.8) is 0 Å². The zero-order chi connectivity index (χ0) is 12.5. The van der Waals surface area contributed by atoms with E-state index in [0.29, 0.717) is 12.1 Å². The summed E-state index contributed by atoms with van der Waals surface area (Å²) in [4.78, 5) is 12.0. The Bertz CT molecular complexity index is 291. The van der Waals surface area contributed by atoms with E-state index in [2.05, 4.69) is 24.5 Å². The van der Waals surface area contributed by atoms with Gasteiger partial charge in [0, 0.05) is 31.7 Å². The largest absolute Gasteiger partial charge is 0.381 e. The summed E-state index contributed by atoms with van der Waals surface area (Å²) in [5.74, 6) is 0.401. The van der Waals surface area contributed by atoms with E-state index in [9.17, 15) is 4.79 Å². The summed E-state index contributed by atoms with van der Waals surface area (Å²) in [6.07, 6.45) is 3.40. The highest BCUT2D eigenvalue weighted by Crippen LogP contribution is 2.48. The maximum absolute atomic E-state index is 12.0. The lowest BCUT2D eigenvalue weighted by Crippen LogP contribution is -2.66. The highest BCUT2D eigenvalue weighted by molar-refractivity contribution is 5.85. The molecule has 2 unspecified atom stereocenters. The predicted octanol–water partition coefficient (Wildman–Crippen LogP) is 1.34. The fourth-order valence-electron chi connectivity index (χ4n) is 3.24. The molecule has 0 radical (unpaired) electrons. The highest BCUT2D eigenvalue weighted by atomic mass is 35.5. The van der Waals surface area contributed by atoms with Gasteiger partial charge in [-0.25, -0.2) is 0 Å². The topological polar surface area (TPSA) is 50.4 Å². The second kappa shape index (κ2) is 6.22. The quantitative estimate of drug-likeness (QED) is 0.797. The molecule has 1 saturated heterocycles. The number of hydrogen-bond donors (Lipinski definition) is 2. The van der Waals surface area contributed by atoms with Crippen LogP contribution in [0.4, 0.5) is 0 Å². The number of nitrogens with one attached hydrogen (secondary N) is 2. The van der Waals surface area contributed by atoms with E-state index in [1.54, 1.807) is 7.11 Å². The van der Waals surface area contributed by atoms with Gasteiger partial charge in [0.05, 0.1) is 12.0 Å². The van der Waals surface area contributed by atoms with Crippen LogP contribution in [0.25, 0.3) is 0 Å². The summed E-state index contributed by atoms with van der Waals surface area (Å²) in [6, 6.07) is 0.301. The molecule has 2 rings (SSSR count). The van der Waals surface area contributed by atoms with Crippen LogP contribution >= 0.6 is 12.4 Å². The average Bonchev–Trinajstić information content (AvgIpc) is 2.23. The minimum atomic E-state index is 0. The molecule has 1 aliphatic carbocycles. The second-order valence-corrected chi connectivity index (χ2v) is 5.32. The lowest BCUT2D eigenvalue weighted by molar-refractivity contribution is -0.145. The van der Waals surface area contributed by atoms with E-state index < -0.39 is 0 Å². The van der Waals surface area contributed by atoms with Crippen molar-refractivity contribution in [3.8, 4) is 0 Å². The zero-order valence-corrected chi connectivity index (χ0v) is 12.3. The Morgan fingerprint density at radius 1 is 1.39 bits per heavy atom. The summed E-state index contributed by atoms with van der Waals surface area (Å²) in [7, 11) is 1.78. The lowest BCUT2D eigenvalue weighted by Gasteiger charge is -2.55. The van der Waals surface area contributed by atoms with Gasteiger partial charge in [-0.2, -0.15) is 0 Å². The third-order valence-electron chi connectivity index (χ3n) is 4.85. The Labute approximate surface area is 116 Å². The summed E-state index contributed by atoms with van der Waals surface area (Å²) >= 11 is 0. The van der Waals surface area contributed by atoms with Gasteiger partial charge in [0.25, 0.3) is 0 Å². The first-order valence-electron chi connectivity index (χ1n) is 6.71. The van der Waals surface area contributed by atoms with E-state index in [1.165, 1.54) is 0 Å². The highest BCUT2D eigenvalue weighted by Gasteiger charge is 2.53. The third kappa shape index (κ3) is 2.38. The molecule has 4 nitrogen and oxygen atoms in total. The number of carbonyl (C=O) groups excluding carboxylic acids is 1. The second-order valence-electron chi connectivity index (χ2n) is 5.32. The third-order valence-corrected chi connectivity index (χ3v) is 4.85. The molecule has 0 aromatic rings. The first-order chi connectivity index (χ1) is 8.17. The molecule has 0 aromatic heterocycles. The molecule has 2 aliphatic rings. The summed E-state index contributed by atoms with van der Waals surface area (Å²) < 4.78 is 5.53. The lowest BCUT2D eigenvalue weighted by atomic mass is 9.58. The van der Waals surface area contributed by atoms with Crippen LogP contribution in [0.3, 0.4) is 0 Å². The van der Waals surface area contributed by atoms with Crippen LogP contribution in [-0.4, -0.2) is 38.3 Å². The predicted molar refractivity (Wildman–Crippen MR) is 74.0 cm³/mol. The number of hydrogen-bond acceptors (Lipinski definition) is 3. The van der Waals surface area contributed by atoms with Crippen molar-refractivity contribution in [1.29, 1.82) is 0 Å². The molecule has 1 saturated carbocycles. The molecule has 106 valence electrons. The van der Waals surface area contributed by atoms with Crippen molar-refractivity contribution in [2.45, 2.75) is 45.3 Å². The van der Waals surface area contributed by atoms with Crippen LogP contribution in [0.1, 0.15) is 33.1 Å². The molecule has 5 heteroatoms. The van der Waals surface area contributed by atoms with Crippen LogP contribution in [0, 0.1) is 11.3 Å². The minimum Gasteiger partial charge on any atom is -0.381 e. The fourth-order valence-corrected chi connectivity index (χ4v) is 3.24. The maximum Gasteiger partial charge on any atom is 0.225 e. The standard InChI is InChI=1S/C13H24N2O2.ClH/c1-4-13(5-2)10(6-11(13)17-3)15-12(16)9-7-14-8-9;/h9-11,14H,4-8H2,1-3H3,(H,15,16);1H. The SMILES string of the molecule is CCC1(CC)C(NC(=O)C2CNC2)CC1OC.Cl. The van der Waals surface area contributed by atoms with Gasteiger partial charge in [-0.1, -0.05) is 13.8 Å². The molecule has 0 aromatic carbocycles. The summed E-state index contributed by atoms with van der Waals surface area (Å²) in [5.41, 5.74) is 0.154. The normalized spacial score (nSPS) is 29.7. The molecule has 1 heterocycles. The Morgan fingerprint density at radius 2 is 2.00 bits per heavy atom. The summed E-state index contributed by atoms with van der Waals surface area (Å²) in [5, 5.41) is 6.35. The molecular formula is C13H25ClN2O2. The van der Waals surface area contributed by atoms with Crippen molar-refractivity contribution in [2.24, 2.45) is 11.3 Å². The maximum atomic E-state index is 12.0. The Kier molecular flexibility index (Phi) is 5.44. The van der Waals surface area contributed by atoms with Gasteiger partial charge in [-0.3, -0.25) is 4.79 Å². The van der Waals surface area contributed by atoms with E-state index in [0.717, 1.165) is 32.4 Å². The molecule has 1 amide bonds. The Morgan fingerprint density at radius 3 is 2.39 bits per heavy atom. The van der Waals surface area contributed by atoms with Crippen molar-refractivity contribution < 1.29 is 9.53 Å². The molecule has 2 fully saturated rings. The van der Waals surface area contributed by atoms with Crippen LogP contribution in [0.2, 0.25) is 0 Å². The van der Waals surface area contributed by atoms with Gasteiger partial charge in [0.2, 0.25) is 5.91 Å². The molecular weight excluding hydrogens is 252 g/mol. The number of amides is 1. The van der Waals surface area contributed by atoms with E-state index in [1.807, 2.05) is 0 Å².